The van der Waals surface area contributed by atoms with Gasteiger partial charge >= 0.3 is 11.7 Å². The number of carbonyl (C=O) groups excluding carboxylic acids is 2. The fourth-order valence-electron chi connectivity index (χ4n) is 3.59. The summed E-state index contributed by atoms with van der Waals surface area (Å²) in [5.74, 6) is -1.65. The predicted molar refractivity (Wildman–Crippen MR) is 139 cm³/mol. The Balaban J connectivity index is 1.43. The van der Waals surface area contributed by atoms with Crippen LogP contribution < -0.4 is 26.4 Å². The summed E-state index contributed by atoms with van der Waals surface area (Å²) in [5, 5.41) is 7.64. The van der Waals surface area contributed by atoms with Crippen LogP contribution in [0.3, 0.4) is 0 Å². The number of rotatable bonds is 9. The Morgan fingerprint density at radius 3 is 2.54 bits per heavy atom. The number of nitrogens with one attached hydrogen (secondary N) is 4. The van der Waals surface area contributed by atoms with Gasteiger partial charge in [0, 0.05) is 37.7 Å². The highest BCUT2D eigenvalue weighted by Crippen LogP contribution is 2.28. The quantitative estimate of drug-likeness (QED) is 0.238. The molecule has 11 nitrogen and oxygen atoms in total. The number of anilines is 2. The van der Waals surface area contributed by atoms with Crippen molar-refractivity contribution in [1.29, 1.82) is 0 Å². The third-order valence-corrected chi connectivity index (χ3v) is 5.43. The standard InChI is InChI=1S/C26H24F2N6O5/c1-15-23(33-26(37)34(15)18-6-3-16(27)4-7-18)24(35)31-17-5-8-21(20(28)13-17)39-19-9-10-29-22(14-19)32-25(36)30-11-12-38-2/h3-10,13-14H,11-12H2,1-2H3,(H,31,35)(H,33,37)(H2,29,30,32,36). The third-order valence-electron chi connectivity index (χ3n) is 5.43. The first-order valence-electron chi connectivity index (χ1n) is 11.6. The van der Waals surface area contributed by atoms with Gasteiger partial charge in [-0.15, -0.1) is 0 Å². The maximum Gasteiger partial charge on any atom is 0.330 e. The number of halogens is 2. The van der Waals surface area contributed by atoms with Gasteiger partial charge in [0.15, 0.2) is 11.6 Å². The van der Waals surface area contributed by atoms with Crippen LogP contribution in [0.25, 0.3) is 5.69 Å². The Morgan fingerprint density at radius 1 is 1.05 bits per heavy atom. The zero-order chi connectivity index (χ0) is 27.9. The molecule has 0 aliphatic rings. The Kier molecular flexibility index (Phi) is 8.31. The van der Waals surface area contributed by atoms with Crippen molar-refractivity contribution >= 4 is 23.4 Å². The number of urea groups is 1. The van der Waals surface area contributed by atoms with Gasteiger partial charge in [0.25, 0.3) is 5.91 Å². The van der Waals surface area contributed by atoms with Gasteiger partial charge in [0.05, 0.1) is 18.0 Å². The molecule has 0 aliphatic heterocycles. The van der Waals surface area contributed by atoms with Crippen LogP contribution in [-0.2, 0) is 4.74 Å². The lowest BCUT2D eigenvalue weighted by Crippen LogP contribution is -2.31. The van der Waals surface area contributed by atoms with E-state index in [1.165, 1.54) is 66.4 Å². The fraction of sp³-hybridized carbons (Fsp3) is 0.154. The zero-order valence-corrected chi connectivity index (χ0v) is 20.9. The van der Waals surface area contributed by atoms with Crippen molar-refractivity contribution in [1.82, 2.24) is 19.9 Å². The number of aromatic nitrogens is 3. The van der Waals surface area contributed by atoms with Crippen LogP contribution in [0.15, 0.2) is 65.6 Å². The molecule has 202 valence electrons. The van der Waals surface area contributed by atoms with Crippen LogP contribution in [0.4, 0.5) is 25.1 Å². The number of hydrogen-bond acceptors (Lipinski definition) is 6. The summed E-state index contributed by atoms with van der Waals surface area (Å²) in [6.07, 6.45) is 1.38. The van der Waals surface area contributed by atoms with E-state index in [2.05, 4.69) is 25.9 Å². The van der Waals surface area contributed by atoms with Crippen LogP contribution in [0, 0.1) is 18.6 Å². The Morgan fingerprint density at radius 2 is 1.82 bits per heavy atom. The number of carbonyl (C=O) groups is 2. The number of methoxy groups -OCH3 is 1. The molecule has 13 heteroatoms. The van der Waals surface area contributed by atoms with E-state index < -0.39 is 29.3 Å². The molecule has 0 radical (unpaired) electrons. The first kappa shape index (κ1) is 27.0. The van der Waals surface area contributed by atoms with Gasteiger partial charge < -0.3 is 25.1 Å². The summed E-state index contributed by atoms with van der Waals surface area (Å²) in [4.78, 5) is 43.6. The number of ether oxygens (including phenoxy) is 2. The molecule has 0 aliphatic carbocycles. The molecule has 39 heavy (non-hydrogen) atoms. The molecule has 3 amide bonds. The lowest BCUT2D eigenvalue weighted by atomic mass is 10.2. The average molecular weight is 539 g/mol. The minimum absolute atomic E-state index is 0.0341. The van der Waals surface area contributed by atoms with Gasteiger partial charge in [0.2, 0.25) is 0 Å². The predicted octanol–water partition coefficient (Wildman–Crippen LogP) is 3.96. The van der Waals surface area contributed by atoms with Crippen molar-refractivity contribution in [2.24, 2.45) is 0 Å². The SMILES string of the molecule is COCCNC(=O)Nc1cc(Oc2ccc(NC(=O)c3[nH]c(=O)n(-c4ccc(F)cc4)c3C)cc2F)ccn1. The zero-order valence-electron chi connectivity index (χ0n) is 20.9. The highest BCUT2D eigenvalue weighted by molar-refractivity contribution is 6.03. The number of amides is 3. The van der Waals surface area contributed by atoms with E-state index in [9.17, 15) is 23.2 Å². The van der Waals surface area contributed by atoms with Crippen LogP contribution in [-0.4, -0.2) is 46.7 Å². The van der Waals surface area contributed by atoms with Crippen molar-refractivity contribution in [3.05, 3.63) is 94.3 Å². The van der Waals surface area contributed by atoms with E-state index in [0.717, 1.165) is 6.07 Å². The molecule has 0 saturated carbocycles. The topological polar surface area (TPSA) is 139 Å². The molecule has 4 aromatic rings. The number of H-pyrrole nitrogens is 1. The number of imidazole rings is 1. The molecule has 0 spiro atoms. The van der Waals surface area contributed by atoms with Gasteiger partial charge in [0.1, 0.15) is 23.1 Å². The van der Waals surface area contributed by atoms with E-state index in [0.29, 0.717) is 24.5 Å². The normalized spacial score (nSPS) is 10.7. The molecule has 4 rings (SSSR count). The van der Waals surface area contributed by atoms with Crippen LogP contribution in [0.5, 0.6) is 11.5 Å². The molecule has 0 saturated heterocycles. The van der Waals surface area contributed by atoms with Gasteiger partial charge in [-0.3, -0.25) is 14.7 Å². The molecular weight excluding hydrogens is 514 g/mol. The van der Waals surface area contributed by atoms with Gasteiger partial charge in [-0.1, -0.05) is 0 Å². The van der Waals surface area contributed by atoms with Gasteiger partial charge in [-0.25, -0.2) is 23.4 Å². The van der Waals surface area contributed by atoms with Crippen molar-refractivity contribution in [2.75, 3.05) is 30.9 Å². The first-order valence-corrected chi connectivity index (χ1v) is 11.6. The van der Waals surface area contributed by atoms with Crippen molar-refractivity contribution < 1.29 is 27.8 Å². The third kappa shape index (κ3) is 6.64. The lowest BCUT2D eigenvalue weighted by Gasteiger charge is -2.11. The second-order valence-corrected chi connectivity index (χ2v) is 8.15. The minimum Gasteiger partial charge on any atom is -0.454 e. The average Bonchev–Trinajstić information content (AvgIpc) is 3.20. The summed E-state index contributed by atoms with van der Waals surface area (Å²) >= 11 is 0. The Bertz CT molecular complexity index is 1550. The lowest BCUT2D eigenvalue weighted by molar-refractivity contribution is 0.102. The molecule has 0 unspecified atom stereocenters. The van der Waals surface area contributed by atoms with Crippen LogP contribution in [0.1, 0.15) is 16.2 Å². The second-order valence-electron chi connectivity index (χ2n) is 8.15. The Labute approximate surface area is 220 Å². The second kappa shape index (κ2) is 12.0. The summed E-state index contributed by atoms with van der Waals surface area (Å²) in [5.41, 5.74) is 0.164. The van der Waals surface area contributed by atoms with Gasteiger partial charge in [-0.2, -0.15) is 0 Å². The largest absolute Gasteiger partial charge is 0.454 e. The Hall–Kier alpha value is -5.04. The van der Waals surface area contributed by atoms with Gasteiger partial charge in [-0.05, 0) is 49.4 Å². The summed E-state index contributed by atoms with van der Waals surface area (Å²) in [6.45, 7) is 2.21. The number of pyridine rings is 1. The first-order chi connectivity index (χ1) is 18.7. The molecular formula is C26H24F2N6O5. The number of aromatic amines is 1. The molecule has 0 atom stereocenters. The minimum atomic E-state index is -0.773. The van der Waals surface area contributed by atoms with E-state index in [1.54, 1.807) is 6.92 Å². The molecule has 0 bridgehead atoms. The maximum absolute atomic E-state index is 14.8. The maximum atomic E-state index is 14.8. The molecule has 2 aromatic carbocycles. The van der Waals surface area contributed by atoms with Crippen LogP contribution >= 0.6 is 0 Å². The van der Waals surface area contributed by atoms with E-state index >= 15 is 0 Å². The summed E-state index contributed by atoms with van der Waals surface area (Å²) in [6, 6.07) is 11.4. The van der Waals surface area contributed by atoms with Crippen LogP contribution in [0.2, 0.25) is 0 Å². The molecule has 2 heterocycles. The highest BCUT2D eigenvalue weighted by Gasteiger charge is 2.19. The van der Waals surface area contributed by atoms with E-state index in [4.69, 9.17) is 9.47 Å². The van der Waals surface area contributed by atoms with Crippen molar-refractivity contribution in [2.45, 2.75) is 6.92 Å². The fourth-order valence-corrected chi connectivity index (χ4v) is 3.59. The molecule has 2 aromatic heterocycles. The van der Waals surface area contributed by atoms with Crippen molar-refractivity contribution in [3.8, 4) is 17.2 Å². The van der Waals surface area contributed by atoms with Crippen molar-refractivity contribution in [3.63, 3.8) is 0 Å². The molecule has 4 N–H and O–H groups in total. The summed E-state index contributed by atoms with van der Waals surface area (Å²) in [7, 11) is 1.51. The highest BCUT2D eigenvalue weighted by atomic mass is 19.1. The van der Waals surface area contributed by atoms with E-state index in [1.807, 2.05) is 0 Å². The number of benzene rings is 2. The van der Waals surface area contributed by atoms with E-state index in [-0.39, 0.29) is 28.7 Å². The number of hydrogen-bond donors (Lipinski definition) is 4. The summed E-state index contributed by atoms with van der Waals surface area (Å²) < 4.78 is 39.7. The monoisotopic (exact) mass is 538 g/mol. The number of nitrogens with zero attached hydrogens (tertiary/aromatic N) is 2. The smallest absolute Gasteiger partial charge is 0.330 e. The molecule has 0 fully saturated rings.